The molecule has 0 spiro atoms. The van der Waals surface area contributed by atoms with Crippen molar-refractivity contribution in [1.29, 1.82) is 0 Å². The SMILES string of the molecule is CCCCN(CC)C(=O)C1(CN)CCOCC1. The van der Waals surface area contributed by atoms with Crippen molar-refractivity contribution in [2.75, 3.05) is 32.8 Å². The van der Waals surface area contributed by atoms with E-state index >= 15 is 0 Å². The minimum atomic E-state index is -0.359. The third-order valence-electron chi connectivity index (χ3n) is 3.74. The van der Waals surface area contributed by atoms with Crippen LogP contribution >= 0.6 is 0 Å². The third kappa shape index (κ3) is 3.42. The van der Waals surface area contributed by atoms with Crippen LogP contribution in [0.3, 0.4) is 0 Å². The molecule has 2 N–H and O–H groups in total. The Morgan fingerprint density at radius 2 is 2.00 bits per heavy atom. The van der Waals surface area contributed by atoms with Crippen LogP contribution in [0.2, 0.25) is 0 Å². The summed E-state index contributed by atoms with van der Waals surface area (Å²) < 4.78 is 5.34. The van der Waals surface area contributed by atoms with Gasteiger partial charge in [-0.2, -0.15) is 0 Å². The summed E-state index contributed by atoms with van der Waals surface area (Å²) in [4.78, 5) is 14.5. The van der Waals surface area contributed by atoms with Crippen molar-refractivity contribution in [2.24, 2.45) is 11.1 Å². The molecule has 1 aliphatic rings. The van der Waals surface area contributed by atoms with E-state index in [9.17, 15) is 4.79 Å². The van der Waals surface area contributed by atoms with Crippen LogP contribution in [0.5, 0.6) is 0 Å². The summed E-state index contributed by atoms with van der Waals surface area (Å²) in [6, 6.07) is 0. The number of ether oxygens (including phenoxy) is 1. The van der Waals surface area contributed by atoms with E-state index in [1.54, 1.807) is 0 Å². The lowest BCUT2D eigenvalue weighted by Crippen LogP contribution is -2.51. The van der Waals surface area contributed by atoms with E-state index in [1.165, 1.54) is 0 Å². The predicted molar refractivity (Wildman–Crippen MR) is 68.7 cm³/mol. The first-order chi connectivity index (χ1) is 8.20. The van der Waals surface area contributed by atoms with Crippen molar-refractivity contribution >= 4 is 5.91 Å². The Morgan fingerprint density at radius 1 is 1.35 bits per heavy atom. The van der Waals surface area contributed by atoms with Crippen molar-refractivity contribution in [3.8, 4) is 0 Å². The number of hydrogen-bond donors (Lipinski definition) is 1. The molecular weight excluding hydrogens is 216 g/mol. The van der Waals surface area contributed by atoms with Crippen molar-refractivity contribution in [3.05, 3.63) is 0 Å². The molecule has 1 aliphatic heterocycles. The Morgan fingerprint density at radius 3 is 2.47 bits per heavy atom. The Balaban J connectivity index is 2.68. The van der Waals surface area contributed by atoms with Gasteiger partial charge in [0.1, 0.15) is 0 Å². The summed E-state index contributed by atoms with van der Waals surface area (Å²) in [5.41, 5.74) is 5.50. The molecule has 0 aromatic carbocycles. The van der Waals surface area contributed by atoms with E-state index in [1.807, 2.05) is 11.8 Å². The average Bonchev–Trinajstić information content (AvgIpc) is 2.40. The lowest BCUT2D eigenvalue weighted by Gasteiger charge is -2.38. The minimum Gasteiger partial charge on any atom is -0.381 e. The fourth-order valence-corrected chi connectivity index (χ4v) is 2.36. The van der Waals surface area contributed by atoms with Gasteiger partial charge < -0.3 is 15.4 Å². The molecule has 1 amide bonds. The number of unbranched alkanes of at least 4 members (excludes halogenated alkanes) is 1. The van der Waals surface area contributed by atoms with Crippen LogP contribution in [0.15, 0.2) is 0 Å². The van der Waals surface area contributed by atoms with Gasteiger partial charge >= 0.3 is 0 Å². The van der Waals surface area contributed by atoms with Crippen LogP contribution in [-0.4, -0.2) is 43.7 Å². The molecule has 1 rings (SSSR count). The summed E-state index contributed by atoms with van der Waals surface area (Å²) in [7, 11) is 0. The smallest absolute Gasteiger partial charge is 0.230 e. The Hall–Kier alpha value is -0.610. The van der Waals surface area contributed by atoms with Crippen LogP contribution < -0.4 is 5.73 Å². The number of nitrogens with two attached hydrogens (primary N) is 1. The lowest BCUT2D eigenvalue weighted by molar-refractivity contribution is -0.147. The zero-order chi connectivity index (χ0) is 12.7. The molecule has 0 unspecified atom stereocenters. The molecule has 1 saturated heterocycles. The molecule has 4 nitrogen and oxygen atoms in total. The molecule has 0 aliphatic carbocycles. The van der Waals surface area contributed by atoms with E-state index in [0.717, 1.165) is 38.8 Å². The van der Waals surface area contributed by atoms with E-state index in [4.69, 9.17) is 10.5 Å². The second-order valence-electron chi connectivity index (χ2n) is 4.84. The monoisotopic (exact) mass is 242 g/mol. The van der Waals surface area contributed by atoms with Crippen molar-refractivity contribution < 1.29 is 9.53 Å². The zero-order valence-electron chi connectivity index (χ0n) is 11.2. The third-order valence-corrected chi connectivity index (χ3v) is 3.74. The summed E-state index contributed by atoms with van der Waals surface area (Å²) in [5.74, 6) is 0.235. The van der Waals surface area contributed by atoms with Gasteiger partial charge in [-0.25, -0.2) is 0 Å². The molecule has 0 aromatic rings. The zero-order valence-corrected chi connectivity index (χ0v) is 11.2. The standard InChI is InChI=1S/C13H26N2O2/c1-3-5-8-15(4-2)12(16)13(11-14)6-9-17-10-7-13/h3-11,14H2,1-2H3. The van der Waals surface area contributed by atoms with Crippen LogP contribution in [-0.2, 0) is 9.53 Å². The summed E-state index contributed by atoms with van der Waals surface area (Å²) in [5, 5.41) is 0. The summed E-state index contributed by atoms with van der Waals surface area (Å²) >= 11 is 0. The molecule has 0 bridgehead atoms. The highest BCUT2D eigenvalue weighted by atomic mass is 16.5. The van der Waals surface area contributed by atoms with Gasteiger partial charge in [0.25, 0.3) is 0 Å². The second-order valence-corrected chi connectivity index (χ2v) is 4.84. The topological polar surface area (TPSA) is 55.6 Å². The number of carbonyl (C=O) groups excluding carboxylic acids is 1. The molecular formula is C13H26N2O2. The predicted octanol–water partition coefficient (Wildman–Crippen LogP) is 1.39. The molecule has 0 saturated carbocycles. The number of nitrogens with zero attached hydrogens (tertiary/aromatic N) is 1. The first kappa shape index (κ1) is 14.5. The van der Waals surface area contributed by atoms with Gasteiger partial charge in [-0.15, -0.1) is 0 Å². The molecule has 0 aromatic heterocycles. The second kappa shape index (κ2) is 6.97. The van der Waals surface area contributed by atoms with Crippen LogP contribution in [0.1, 0.15) is 39.5 Å². The lowest BCUT2D eigenvalue weighted by atomic mass is 9.79. The maximum atomic E-state index is 12.6. The van der Waals surface area contributed by atoms with E-state index in [0.29, 0.717) is 19.8 Å². The number of rotatable bonds is 6. The molecule has 100 valence electrons. The number of carbonyl (C=O) groups is 1. The van der Waals surface area contributed by atoms with Gasteiger partial charge in [-0.05, 0) is 26.2 Å². The largest absolute Gasteiger partial charge is 0.381 e. The van der Waals surface area contributed by atoms with Gasteiger partial charge in [-0.3, -0.25) is 4.79 Å². The first-order valence-electron chi connectivity index (χ1n) is 6.77. The number of hydrogen-bond acceptors (Lipinski definition) is 3. The Bertz CT molecular complexity index is 238. The Labute approximate surface area is 104 Å². The molecule has 17 heavy (non-hydrogen) atoms. The van der Waals surface area contributed by atoms with Gasteiger partial charge in [0, 0.05) is 32.8 Å². The average molecular weight is 242 g/mol. The van der Waals surface area contributed by atoms with Crippen molar-refractivity contribution in [1.82, 2.24) is 4.90 Å². The van der Waals surface area contributed by atoms with E-state index in [-0.39, 0.29) is 11.3 Å². The highest BCUT2D eigenvalue weighted by Crippen LogP contribution is 2.31. The van der Waals surface area contributed by atoms with Crippen molar-refractivity contribution in [3.63, 3.8) is 0 Å². The van der Waals surface area contributed by atoms with Gasteiger partial charge in [0.15, 0.2) is 0 Å². The van der Waals surface area contributed by atoms with Crippen molar-refractivity contribution in [2.45, 2.75) is 39.5 Å². The molecule has 1 fully saturated rings. The van der Waals surface area contributed by atoms with Crippen LogP contribution in [0.25, 0.3) is 0 Å². The molecule has 4 heteroatoms. The summed E-state index contributed by atoms with van der Waals surface area (Å²) in [6.07, 6.45) is 3.72. The molecule has 1 heterocycles. The highest BCUT2D eigenvalue weighted by molar-refractivity contribution is 5.83. The van der Waals surface area contributed by atoms with E-state index < -0.39 is 0 Å². The van der Waals surface area contributed by atoms with Gasteiger partial charge in [0.2, 0.25) is 5.91 Å². The maximum Gasteiger partial charge on any atom is 0.230 e. The quantitative estimate of drug-likeness (QED) is 0.766. The van der Waals surface area contributed by atoms with Crippen LogP contribution in [0, 0.1) is 5.41 Å². The Kier molecular flexibility index (Phi) is 5.92. The minimum absolute atomic E-state index is 0.235. The van der Waals surface area contributed by atoms with Crippen LogP contribution in [0.4, 0.5) is 0 Å². The van der Waals surface area contributed by atoms with E-state index in [2.05, 4.69) is 6.92 Å². The summed E-state index contributed by atoms with van der Waals surface area (Å²) in [6.45, 7) is 7.58. The fraction of sp³-hybridized carbons (Fsp3) is 0.923. The van der Waals surface area contributed by atoms with Gasteiger partial charge in [-0.1, -0.05) is 13.3 Å². The number of amides is 1. The first-order valence-corrected chi connectivity index (χ1v) is 6.77. The maximum absolute atomic E-state index is 12.6. The van der Waals surface area contributed by atoms with Gasteiger partial charge in [0.05, 0.1) is 5.41 Å². The fourth-order valence-electron chi connectivity index (χ4n) is 2.36. The normalized spacial score (nSPS) is 19.0. The molecule has 0 atom stereocenters. The highest BCUT2D eigenvalue weighted by Gasteiger charge is 2.40. The molecule has 0 radical (unpaired) electrons.